The molecule has 2 aromatic rings. The molecule has 2 aromatic carbocycles. The first-order valence-corrected chi connectivity index (χ1v) is 10.0. The standard InChI is InChI=1S/C21H24IN3O4/c1-13-11-15(22)5-8-18(13)23-20(26)9-10-21(27)25-24-14(2)17-7-6-16(28-3)12-19(17)29-4/h5-8,11-12H,9-10H2,1-4H3,(H,23,26)(H,25,27)/b24-14-. The van der Waals surface area contributed by atoms with Crippen LogP contribution in [-0.2, 0) is 9.59 Å². The molecule has 0 radical (unpaired) electrons. The Balaban J connectivity index is 1.89. The van der Waals surface area contributed by atoms with Gasteiger partial charge in [0.2, 0.25) is 11.8 Å². The predicted molar refractivity (Wildman–Crippen MR) is 122 cm³/mol. The average Bonchev–Trinajstić information content (AvgIpc) is 2.71. The molecule has 0 fully saturated rings. The Morgan fingerprint density at radius 1 is 1.03 bits per heavy atom. The molecule has 0 heterocycles. The van der Waals surface area contributed by atoms with Gasteiger partial charge in [0.15, 0.2) is 0 Å². The van der Waals surface area contributed by atoms with E-state index in [0.717, 1.165) is 20.4 Å². The number of hydrogen-bond acceptors (Lipinski definition) is 5. The lowest BCUT2D eigenvalue weighted by molar-refractivity contribution is -0.124. The second-order valence-electron chi connectivity index (χ2n) is 6.31. The normalized spacial score (nSPS) is 11.0. The van der Waals surface area contributed by atoms with Crippen LogP contribution in [-0.4, -0.2) is 31.7 Å². The van der Waals surface area contributed by atoms with Crippen LogP contribution in [0.1, 0.15) is 30.9 Å². The Hall–Kier alpha value is -2.62. The van der Waals surface area contributed by atoms with Crippen molar-refractivity contribution in [1.82, 2.24) is 5.43 Å². The van der Waals surface area contributed by atoms with Gasteiger partial charge in [-0.05, 0) is 72.3 Å². The molecule has 0 bridgehead atoms. The molecule has 0 aliphatic rings. The van der Waals surface area contributed by atoms with Crippen molar-refractivity contribution in [2.45, 2.75) is 26.7 Å². The number of methoxy groups -OCH3 is 2. The number of rotatable bonds is 8. The Morgan fingerprint density at radius 3 is 2.41 bits per heavy atom. The van der Waals surface area contributed by atoms with Gasteiger partial charge in [-0.3, -0.25) is 9.59 Å². The molecule has 8 heteroatoms. The number of carbonyl (C=O) groups excluding carboxylic acids is 2. The van der Waals surface area contributed by atoms with Crippen molar-refractivity contribution in [3.8, 4) is 11.5 Å². The first kappa shape index (κ1) is 22.7. The van der Waals surface area contributed by atoms with Crippen molar-refractivity contribution in [3.63, 3.8) is 0 Å². The molecule has 0 saturated carbocycles. The Bertz CT molecular complexity index is 928. The van der Waals surface area contributed by atoms with Crippen molar-refractivity contribution in [1.29, 1.82) is 0 Å². The summed E-state index contributed by atoms with van der Waals surface area (Å²) in [6.45, 7) is 3.69. The predicted octanol–water partition coefficient (Wildman–Crippen LogP) is 3.88. The zero-order chi connectivity index (χ0) is 21.4. The van der Waals surface area contributed by atoms with Crippen molar-refractivity contribution >= 4 is 45.8 Å². The van der Waals surface area contributed by atoms with Crippen LogP contribution in [0.25, 0.3) is 0 Å². The van der Waals surface area contributed by atoms with Gasteiger partial charge in [-0.1, -0.05) is 0 Å². The van der Waals surface area contributed by atoms with E-state index in [-0.39, 0.29) is 24.7 Å². The third kappa shape index (κ3) is 6.74. The van der Waals surface area contributed by atoms with E-state index in [9.17, 15) is 9.59 Å². The molecular formula is C21H24IN3O4. The van der Waals surface area contributed by atoms with Crippen molar-refractivity contribution in [2.24, 2.45) is 5.10 Å². The SMILES string of the molecule is COc1ccc(/C(C)=N\NC(=O)CCC(=O)Nc2ccc(I)cc2C)c(OC)c1. The number of aryl methyl sites for hydroxylation is 1. The van der Waals surface area contributed by atoms with Crippen LogP contribution in [0.2, 0.25) is 0 Å². The van der Waals surface area contributed by atoms with Gasteiger partial charge in [-0.15, -0.1) is 0 Å². The van der Waals surface area contributed by atoms with Gasteiger partial charge in [0.1, 0.15) is 11.5 Å². The lowest BCUT2D eigenvalue weighted by Gasteiger charge is -2.10. The van der Waals surface area contributed by atoms with E-state index in [2.05, 4.69) is 38.4 Å². The monoisotopic (exact) mass is 509 g/mol. The van der Waals surface area contributed by atoms with Gasteiger partial charge in [0.05, 0.1) is 19.9 Å². The molecule has 0 aliphatic carbocycles. The molecule has 2 amide bonds. The van der Waals surface area contributed by atoms with Gasteiger partial charge in [-0.2, -0.15) is 5.10 Å². The van der Waals surface area contributed by atoms with Crippen LogP contribution in [0.4, 0.5) is 5.69 Å². The summed E-state index contributed by atoms with van der Waals surface area (Å²) in [7, 11) is 3.13. The molecule has 0 spiro atoms. The molecule has 0 atom stereocenters. The van der Waals surface area contributed by atoms with Crippen LogP contribution >= 0.6 is 22.6 Å². The summed E-state index contributed by atoms with van der Waals surface area (Å²) in [5.41, 5.74) is 5.52. The summed E-state index contributed by atoms with van der Waals surface area (Å²) >= 11 is 2.22. The lowest BCUT2D eigenvalue weighted by atomic mass is 10.1. The molecule has 2 N–H and O–H groups in total. The molecule has 154 valence electrons. The fourth-order valence-electron chi connectivity index (χ4n) is 2.57. The Morgan fingerprint density at radius 2 is 1.76 bits per heavy atom. The first-order chi connectivity index (χ1) is 13.8. The van der Waals surface area contributed by atoms with Crippen LogP contribution in [0.15, 0.2) is 41.5 Å². The van der Waals surface area contributed by atoms with E-state index in [1.807, 2.05) is 25.1 Å². The molecule has 0 saturated heterocycles. The van der Waals surface area contributed by atoms with Gasteiger partial charge in [0, 0.05) is 33.7 Å². The minimum absolute atomic E-state index is 0.0335. The van der Waals surface area contributed by atoms with Crippen LogP contribution in [0.3, 0.4) is 0 Å². The maximum atomic E-state index is 12.1. The van der Waals surface area contributed by atoms with Gasteiger partial charge in [-0.25, -0.2) is 5.43 Å². The van der Waals surface area contributed by atoms with E-state index in [1.54, 1.807) is 39.3 Å². The highest BCUT2D eigenvalue weighted by atomic mass is 127. The maximum Gasteiger partial charge on any atom is 0.240 e. The third-order valence-electron chi connectivity index (χ3n) is 4.19. The van der Waals surface area contributed by atoms with Gasteiger partial charge in [0.25, 0.3) is 0 Å². The summed E-state index contributed by atoms with van der Waals surface area (Å²) in [5, 5.41) is 6.93. The fourth-order valence-corrected chi connectivity index (χ4v) is 3.21. The van der Waals surface area contributed by atoms with E-state index < -0.39 is 0 Å². The average molecular weight is 509 g/mol. The maximum absolute atomic E-state index is 12.1. The molecule has 29 heavy (non-hydrogen) atoms. The number of nitrogens with zero attached hydrogens (tertiary/aromatic N) is 1. The summed E-state index contributed by atoms with van der Waals surface area (Å²) in [6, 6.07) is 11.1. The first-order valence-electron chi connectivity index (χ1n) is 8.95. The lowest BCUT2D eigenvalue weighted by Crippen LogP contribution is -2.22. The minimum Gasteiger partial charge on any atom is -0.497 e. The van der Waals surface area contributed by atoms with Crippen LogP contribution < -0.4 is 20.2 Å². The fraction of sp³-hybridized carbons (Fsp3) is 0.286. The highest BCUT2D eigenvalue weighted by molar-refractivity contribution is 14.1. The number of carbonyl (C=O) groups is 2. The largest absolute Gasteiger partial charge is 0.497 e. The summed E-state index contributed by atoms with van der Waals surface area (Å²) in [6.07, 6.45) is 0.101. The van der Waals surface area contributed by atoms with Crippen molar-refractivity contribution in [2.75, 3.05) is 19.5 Å². The zero-order valence-corrected chi connectivity index (χ0v) is 19.0. The van der Waals surface area contributed by atoms with Gasteiger partial charge >= 0.3 is 0 Å². The Kier molecular flexibility index (Phi) is 8.44. The Labute approximate surface area is 184 Å². The topological polar surface area (TPSA) is 89.0 Å². The summed E-state index contributed by atoms with van der Waals surface area (Å²) in [4.78, 5) is 24.2. The minimum atomic E-state index is -0.341. The number of hydrogen-bond donors (Lipinski definition) is 2. The number of ether oxygens (including phenoxy) is 2. The smallest absolute Gasteiger partial charge is 0.240 e. The summed E-state index contributed by atoms with van der Waals surface area (Å²) in [5.74, 6) is 0.692. The second-order valence-corrected chi connectivity index (χ2v) is 7.55. The second kappa shape index (κ2) is 10.8. The number of hydrazone groups is 1. The van der Waals surface area contributed by atoms with E-state index >= 15 is 0 Å². The molecule has 0 unspecified atom stereocenters. The quantitative estimate of drug-likeness (QED) is 0.321. The number of amides is 2. The molecule has 7 nitrogen and oxygen atoms in total. The molecular weight excluding hydrogens is 485 g/mol. The van der Waals surface area contributed by atoms with Crippen molar-refractivity contribution < 1.29 is 19.1 Å². The highest BCUT2D eigenvalue weighted by Gasteiger charge is 2.11. The highest BCUT2D eigenvalue weighted by Crippen LogP contribution is 2.25. The van der Waals surface area contributed by atoms with Crippen LogP contribution in [0, 0.1) is 10.5 Å². The number of nitrogens with one attached hydrogen (secondary N) is 2. The zero-order valence-electron chi connectivity index (χ0n) is 16.8. The number of anilines is 1. The van der Waals surface area contributed by atoms with E-state index in [1.165, 1.54) is 0 Å². The number of benzene rings is 2. The van der Waals surface area contributed by atoms with E-state index in [4.69, 9.17) is 9.47 Å². The third-order valence-corrected chi connectivity index (χ3v) is 4.86. The van der Waals surface area contributed by atoms with Crippen molar-refractivity contribution in [3.05, 3.63) is 51.1 Å². The molecule has 2 rings (SSSR count). The van der Waals surface area contributed by atoms with Crippen LogP contribution in [0.5, 0.6) is 11.5 Å². The summed E-state index contributed by atoms with van der Waals surface area (Å²) < 4.78 is 11.6. The van der Waals surface area contributed by atoms with E-state index in [0.29, 0.717) is 17.2 Å². The number of halogens is 1. The molecule has 0 aromatic heterocycles. The van der Waals surface area contributed by atoms with Gasteiger partial charge < -0.3 is 14.8 Å². The molecule has 0 aliphatic heterocycles.